The molecule has 1 aliphatic rings. The highest BCUT2D eigenvalue weighted by Crippen LogP contribution is 2.32. The van der Waals surface area contributed by atoms with Gasteiger partial charge in [-0.1, -0.05) is 29.3 Å². The lowest BCUT2D eigenvalue weighted by atomic mass is 10.1. The van der Waals surface area contributed by atoms with Crippen molar-refractivity contribution in [1.82, 2.24) is 5.43 Å². The van der Waals surface area contributed by atoms with Crippen LogP contribution in [-0.2, 0) is 0 Å². The van der Waals surface area contributed by atoms with Crippen LogP contribution in [-0.4, -0.2) is 17.4 Å². The third kappa shape index (κ3) is 3.34. The van der Waals surface area contributed by atoms with Gasteiger partial charge in [0, 0.05) is 33.2 Å². The summed E-state index contributed by atoms with van der Waals surface area (Å²) in [4.78, 5) is 13.3. The molecule has 2 aromatic rings. The van der Waals surface area contributed by atoms with Gasteiger partial charge in [-0.15, -0.1) is 11.8 Å². The van der Waals surface area contributed by atoms with Crippen LogP contribution in [0.15, 0.2) is 52.5 Å². The molecule has 1 aliphatic heterocycles. The molecule has 0 fully saturated rings. The monoisotopic (exact) mass is 330 g/mol. The number of fused-ring (bicyclic) bond motifs is 1. The summed E-state index contributed by atoms with van der Waals surface area (Å²) in [7, 11) is 0. The first-order valence-corrected chi connectivity index (χ1v) is 8.36. The Morgan fingerprint density at radius 2 is 2.00 bits per heavy atom. The van der Waals surface area contributed by atoms with Gasteiger partial charge in [-0.2, -0.15) is 5.10 Å². The van der Waals surface area contributed by atoms with Crippen LogP contribution in [0, 0.1) is 6.92 Å². The van der Waals surface area contributed by atoms with Gasteiger partial charge in [0.2, 0.25) is 0 Å². The molecule has 1 amide bonds. The Hall–Kier alpha value is -1.78. The molecule has 0 aliphatic carbocycles. The molecule has 2 aromatic carbocycles. The van der Waals surface area contributed by atoms with Crippen molar-refractivity contribution in [1.29, 1.82) is 0 Å². The zero-order chi connectivity index (χ0) is 15.5. The summed E-state index contributed by atoms with van der Waals surface area (Å²) in [5.41, 5.74) is 6.25. The van der Waals surface area contributed by atoms with Crippen LogP contribution in [0.2, 0.25) is 5.02 Å². The maximum Gasteiger partial charge on any atom is 0.271 e. The number of halogens is 1. The molecular formula is C17H15ClN2OS. The number of amides is 1. The van der Waals surface area contributed by atoms with E-state index in [2.05, 4.69) is 10.5 Å². The van der Waals surface area contributed by atoms with Gasteiger partial charge in [-0.3, -0.25) is 4.79 Å². The number of thioether (sulfide) groups is 1. The van der Waals surface area contributed by atoms with Gasteiger partial charge in [0.25, 0.3) is 5.91 Å². The summed E-state index contributed by atoms with van der Waals surface area (Å²) in [5, 5.41) is 4.99. The van der Waals surface area contributed by atoms with Crippen LogP contribution in [0.4, 0.5) is 0 Å². The van der Waals surface area contributed by atoms with Crippen molar-refractivity contribution in [3.8, 4) is 0 Å². The molecule has 0 bridgehead atoms. The van der Waals surface area contributed by atoms with E-state index in [4.69, 9.17) is 11.6 Å². The Morgan fingerprint density at radius 3 is 2.77 bits per heavy atom. The van der Waals surface area contributed by atoms with Gasteiger partial charge in [-0.05, 0) is 37.3 Å². The number of carbonyl (C=O) groups is 1. The van der Waals surface area contributed by atoms with Crippen LogP contribution in [0.25, 0.3) is 0 Å². The quantitative estimate of drug-likeness (QED) is 0.835. The molecule has 3 nitrogen and oxygen atoms in total. The van der Waals surface area contributed by atoms with Crippen molar-refractivity contribution in [2.24, 2.45) is 5.10 Å². The number of hydrogen-bond acceptors (Lipinski definition) is 3. The molecule has 0 saturated carbocycles. The van der Waals surface area contributed by atoms with E-state index in [1.165, 1.54) is 0 Å². The van der Waals surface area contributed by atoms with Crippen molar-refractivity contribution < 1.29 is 4.79 Å². The van der Waals surface area contributed by atoms with E-state index in [0.29, 0.717) is 10.6 Å². The highest BCUT2D eigenvalue weighted by atomic mass is 35.5. The van der Waals surface area contributed by atoms with Gasteiger partial charge in [0.05, 0.1) is 5.71 Å². The fourth-order valence-electron chi connectivity index (χ4n) is 2.25. The van der Waals surface area contributed by atoms with E-state index in [1.54, 1.807) is 23.9 Å². The molecule has 0 radical (unpaired) electrons. The van der Waals surface area contributed by atoms with Gasteiger partial charge in [-0.25, -0.2) is 5.43 Å². The van der Waals surface area contributed by atoms with E-state index >= 15 is 0 Å². The second-order valence-corrected chi connectivity index (χ2v) is 6.68. The molecule has 22 heavy (non-hydrogen) atoms. The van der Waals surface area contributed by atoms with Gasteiger partial charge in [0.15, 0.2) is 0 Å². The van der Waals surface area contributed by atoms with E-state index in [-0.39, 0.29) is 5.91 Å². The number of hydrazone groups is 1. The average molecular weight is 331 g/mol. The second kappa shape index (κ2) is 6.55. The zero-order valence-corrected chi connectivity index (χ0v) is 13.7. The third-order valence-corrected chi connectivity index (χ3v) is 4.77. The molecule has 112 valence electrons. The summed E-state index contributed by atoms with van der Waals surface area (Å²) in [5.74, 6) is 0.753. The molecule has 1 heterocycles. The molecule has 5 heteroatoms. The second-order valence-electron chi connectivity index (χ2n) is 5.10. The standard InChI is InChI=1S/C17H15ClN2OS/c1-11-2-4-12(5-3-11)17(21)20-19-15-8-9-22-16-7-6-13(18)10-14(15)16/h2-7,10H,8-9H2,1H3,(H,20,21)/b19-15+. The molecule has 0 atom stereocenters. The molecule has 3 rings (SSSR count). The van der Waals surface area contributed by atoms with Crippen molar-refractivity contribution in [3.63, 3.8) is 0 Å². The van der Waals surface area contributed by atoms with Gasteiger partial charge < -0.3 is 0 Å². The van der Waals surface area contributed by atoms with Crippen LogP contribution in [0.5, 0.6) is 0 Å². The fraction of sp³-hybridized carbons (Fsp3) is 0.176. The predicted molar refractivity (Wildman–Crippen MR) is 92.0 cm³/mol. The topological polar surface area (TPSA) is 41.5 Å². The number of benzene rings is 2. The largest absolute Gasteiger partial charge is 0.271 e. The van der Waals surface area contributed by atoms with Crippen LogP contribution >= 0.6 is 23.4 Å². The lowest BCUT2D eigenvalue weighted by Gasteiger charge is -2.17. The smallest absolute Gasteiger partial charge is 0.267 e. The summed E-state index contributed by atoms with van der Waals surface area (Å²) < 4.78 is 0. The first kappa shape index (κ1) is 15.1. The first-order valence-electron chi connectivity index (χ1n) is 7.00. The minimum absolute atomic E-state index is 0.200. The summed E-state index contributed by atoms with van der Waals surface area (Å²) in [6.45, 7) is 1.99. The van der Waals surface area contributed by atoms with E-state index in [0.717, 1.165) is 33.9 Å². The molecule has 0 spiro atoms. The number of carbonyl (C=O) groups excluding carboxylic acids is 1. The molecule has 0 unspecified atom stereocenters. The molecule has 1 N–H and O–H groups in total. The fourth-order valence-corrected chi connectivity index (χ4v) is 3.43. The third-order valence-electron chi connectivity index (χ3n) is 3.46. The van der Waals surface area contributed by atoms with Crippen molar-refractivity contribution in [2.75, 3.05) is 5.75 Å². The van der Waals surface area contributed by atoms with E-state index in [9.17, 15) is 4.79 Å². The Labute approximate surface area is 138 Å². The molecular weight excluding hydrogens is 316 g/mol. The number of rotatable bonds is 2. The Balaban J connectivity index is 1.80. The van der Waals surface area contributed by atoms with Gasteiger partial charge in [0.1, 0.15) is 0 Å². The van der Waals surface area contributed by atoms with Crippen molar-refractivity contribution in [3.05, 3.63) is 64.2 Å². The molecule has 0 saturated heterocycles. The van der Waals surface area contributed by atoms with Crippen molar-refractivity contribution >= 4 is 35.0 Å². The summed E-state index contributed by atoms with van der Waals surface area (Å²) in [6, 6.07) is 13.2. The van der Waals surface area contributed by atoms with Crippen molar-refractivity contribution in [2.45, 2.75) is 18.2 Å². The number of hydrogen-bond donors (Lipinski definition) is 1. The average Bonchev–Trinajstić information content (AvgIpc) is 2.53. The lowest BCUT2D eigenvalue weighted by Crippen LogP contribution is -2.21. The minimum Gasteiger partial charge on any atom is -0.267 e. The first-order chi connectivity index (χ1) is 10.6. The SMILES string of the molecule is Cc1ccc(C(=O)N/N=C2\CCSc3ccc(Cl)cc32)cc1. The minimum atomic E-state index is -0.200. The van der Waals surface area contributed by atoms with Crippen LogP contribution < -0.4 is 5.43 Å². The Morgan fingerprint density at radius 1 is 1.23 bits per heavy atom. The number of nitrogens with zero attached hydrogens (tertiary/aromatic N) is 1. The maximum atomic E-state index is 12.1. The predicted octanol–water partition coefficient (Wildman–Crippen LogP) is 4.28. The normalized spacial score (nSPS) is 15.5. The number of aryl methyl sites for hydroxylation is 1. The van der Waals surface area contributed by atoms with E-state index < -0.39 is 0 Å². The zero-order valence-electron chi connectivity index (χ0n) is 12.1. The van der Waals surface area contributed by atoms with E-state index in [1.807, 2.05) is 37.3 Å². The highest BCUT2D eigenvalue weighted by Gasteiger charge is 2.17. The Kier molecular flexibility index (Phi) is 4.50. The van der Waals surface area contributed by atoms with Crippen LogP contribution in [0.3, 0.4) is 0 Å². The number of nitrogens with one attached hydrogen (secondary N) is 1. The van der Waals surface area contributed by atoms with Gasteiger partial charge >= 0.3 is 0 Å². The van der Waals surface area contributed by atoms with Crippen LogP contribution in [0.1, 0.15) is 27.9 Å². The lowest BCUT2D eigenvalue weighted by molar-refractivity contribution is 0.0955. The Bertz CT molecular complexity index is 741. The summed E-state index contributed by atoms with van der Waals surface area (Å²) >= 11 is 7.84. The highest BCUT2D eigenvalue weighted by molar-refractivity contribution is 7.99. The molecule has 0 aromatic heterocycles. The maximum absolute atomic E-state index is 12.1. The summed E-state index contributed by atoms with van der Waals surface area (Å²) in [6.07, 6.45) is 0.812.